The van der Waals surface area contributed by atoms with Crippen molar-refractivity contribution in [2.75, 3.05) is 25.1 Å². The molecule has 26 heavy (non-hydrogen) atoms. The van der Waals surface area contributed by atoms with Crippen LogP contribution in [-0.4, -0.2) is 36.9 Å². The van der Waals surface area contributed by atoms with Crippen LogP contribution in [-0.2, 0) is 11.2 Å². The molecule has 0 aliphatic carbocycles. The Morgan fingerprint density at radius 1 is 1.27 bits per heavy atom. The Hall–Kier alpha value is -2.60. The number of para-hydroxylation sites is 2. The van der Waals surface area contributed by atoms with Crippen molar-refractivity contribution < 1.29 is 14.3 Å². The van der Waals surface area contributed by atoms with E-state index in [2.05, 4.69) is 15.6 Å². The molecule has 1 fully saturated rings. The summed E-state index contributed by atoms with van der Waals surface area (Å²) in [5, 5.41) is 5.73. The second-order valence-electron chi connectivity index (χ2n) is 6.29. The summed E-state index contributed by atoms with van der Waals surface area (Å²) in [5.74, 6) is 0.661. The molecule has 1 aromatic heterocycles. The molecule has 3 rings (SSSR count). The lowest BCUT2D eigenvalue weighted by Gasteiger charge is -2.15. The van der Waals surface area contributed by atoms with Crippen LogP contribution in [0.1, 0.15) is 24.8 Å². The van der Waals surface area contributed by atoms with Crippen molar-refractivity contribution >= 4 is 11.7 Å². The highest BCUT2D eigenvalue weighted by atomic mass is 16.5. The molecule has 0 saturated carbocycles. The van der Waals surface area contributed by atoms with Crippen LogP contribution in [0.25, 0.3) is 0 Å². The quantitative estimate of drug-likeness (QED) is 0.712. The summed E-state index contributed by atoms with van der Waals surface area (Å²) in [4.78, 5) is 16.2. The number of nitrogens with zero attached hydrogens (tertiary/aromatic N) is 1. The summed E-state index contributed by atoms with van der Waals surface area (Å²) >= 11 is 0. The number of aryl methyl sites for hydroxylation is 1. The number of anilines is 1. The molecular weight excluding hydrogens is 330 g/mol. The van der Waals surface area contributed by atoms with E-state index in [9.17, 15) is 4.79 Å². The number of hydrogen-bond donors (Lipinski definition) is 2. The van der Waals surface area contributed by atoms with Crippen LogP contribution in [0.3, 0.4) is 0 Å². The first-order chi connectivity index (χ1) is 12.8. The number of hydrogen-bond acceptors (Lipinski definition) is 4. The van der Waals surface area contributed by atoms with Gasteiger partial charge in [0.1, 0.15) is 12.4 Å². The molecule has 2 aromatic rings. The molecule has 1 aliphatic heterocycles. The second-order valence-corrected chi connectivity index (χ2v) is 6.29. The number of rotatable bonds is 8. The zero-order valence-electron chi connectivity index (χ0n) is 14.8. The standard InChI is InChI=1S/C20H25N3O3/c24-20(22-12-4-7-16-6-3-11-21-14-16)23-18-9-1-2-10-19(18)26-15-17-8-5-13-25-17/h1-3,6,9-11,14,17H,4-5,7-8,12-13,15H2,(H2,22,23,24)/t17-/m0/s1. The van der Waals surface area contributed by atoms with Crippen LogP contribution in [0.2, 0.25) is 0 Å². The zero-order chi connectivity index (χ0) is 18.0. The molecule has 6 nitrogen and oxygen atoms in total. The van der Waals surface area contributed by atoms with Crippen molar-refractivity contribution in [3.8, 4) is 5.75 Å². The molecule has 2 N–H and O–H groups in total. The predicted octanol–water partition coefficient (Wildman–Crippen LogP) is 3.39. The van der Waals surface area contributed by atoms with E-state index in [1.807, 2.05) is 42.6 Å². The number of carbonyl (C=O) groups excluding carboxylic acids is 1. The Morgan fingerprint density at radius 2 is 2.19 bits per heavy atom. The van der Waals surface area contributed by atoms with Gasteiger partial charge in [0.05, 0.1) is 11.8 Å². The molecule has 2 amide bonds. The lowest BCUT2D eigenvalue weighted by atomic mass is 10.1. The molecule has 1 saturated heterocycles. The minimum atomic E-state index is -0.232. The maximum atomic E-state index is 12.1. The number of nitrogens with one attached hydrogen (secondary N) is 2. The molecule has 138 valence electrons. The Morgan fingerprint density at radius 3 is 3.00 bits per heavy atom. The van der Waals surface area contributed by atoms with E-state index in [0.717, 1.165) is 32.3 Å². The van der Waals surface area contributed by atoms with E-state index in [4.69, 9.17) is 9.47 Å². The minimum absolute atomic E-state index is 0.143. The monoisotopic (exact) mass is 355 g/mol. The van der Waals surface area contributed by atoms with Gasteiger partial charge in [0.15, 0.2) is 0 Å². The van der Waals surface area contributed by atoms with Gasteiger partial charge < -0.3 is 20.1 Å². The Labute approximate surface area is 153 Å². The summed E-state index contributed by atoms with van der Waals surface area (Å²) in [7, 11) is 0. The normalized spacial score (nSPS) is 16.2. The van der Waals surface area contributed by atoms with E-state index in [1.54, 1.807) is 6.20 Å². The summed E-state index contributed by atoms with van der Waals surface area (Å²) in [6.07, 6.45) is 7.59. The Kier molecular flexibility index (Phi) is 6.84. The van der Waals surface area contributed by atoms with Crippen LogP contribution in [0, 0.1) is 0 Å². The SMILES string of the molecule is O=C(NCCCc1cccnc1)Nc1ccccc1OC[C@@H]1CCCO1. The van der Waals surface area contributed by atoms with E-state index >= 15 is 0 Å². The average Bonchev–Trinajstić information content (AvgIpc) is 3.19. The van der Waals surface area contributed by atoms with Gasteiger partial charge in [-0.25, -0.2) is 4.79 Å². The zero-order valence-corrected chi connectivity index (χ0v) is 14.8. The van der Waals surface area contributed by atoms with Gasteiger partial charge in [0.25, 0.3) is 0 Å². The van der Waals surface area contributed by atoms with Crippen molar-refractivity contribution in [3.63, 3.8) is 0 Å². The van der Waals surface area contributed by atoms with Crippen LogP contribution in [0.5, 0.6) is 5.75 Å². The second kappa shape index (κ2) is 9.77. The number of pyridine rings is 1. The van der Waals surface area contributed by atoms with Crippen LogP contribution >= 0.6 is 0 Å². The number of aromatic nitrogens is 1. The number of amides is 2. The Balaban J connectivity index is 1.41. The highest BCUT2D eigenvalue weighted by Gasteiger charge is 2.17. The van der Waals surface area contributed by atoms with E-state index in [1.165, 1.54) is 5.56 Å². The third-order valence-corrected chi connectivity index (χ3v) is 4.23. The molecule has 0 spiro atoms. The molecule has 0 unspecified atom stereocenters. The molecule has 1 aliphatic rings. The number of ether oxygens (including phenoxy) is 2. The topological polar surface area (TPSA) is 72.5 Å². The first-order valence-corrected chi connectivity index (χ1v) is 9.08. The third-order valence-electron chi connectivity index (χ3n) is 4.23. The summed E-state index contributed by atoms with van der Waals surface area (Å²) < 4.78 is 11.4. The largest absolute Gasteiger partial charge is 0.489 e. The van der Waals surface area contributed by atoms with E-state index in [0.29, 0.717) is 24.6 Å². The first-order valence-electron chi connectivity index (χ1n) is 9.08. The third kappa shape index (κ3) is 5.74. The number of benzene rings is 1. The highest BCUT2D eigenvalue weighted by Crippen LogP contribution is 2.25. The van der Waals surface area contributed by atoms with Crippen molar-refractivity contribution in [1.82, 2.24) is 10.3 Å². The summed E-state index contributed by atoms with van der Waals surface area (Å²) in [6.45, 7) is 1.90. The molecular formula is C20H25N3O3. The molecule has 1 atom stereocenters. The highest BCUT2D eigenvalue weighted by molar-refractivity contribution is 5.90. The van der Waals surface area contributed by atoms with Crippen molar-refractivity contribution in [2.45, 2.75) is 31.8 Å². The van der Waals surface area contributed by atoms with Gasteiger partial charge in [-0.2, -0.15) is 0 Å². The van der Waals surface area contributed by atoms with Gasteiger partial charge in [-0.05, 0) is 49.4 Å². The Bertz CT molecular complexity index is 688. The van der Waals surface area contributed by atoms with Gasteiger partial charge in [0, 0.05) is 25.5 Å². The molecule has 2 heterocycles. The van der Waals surface area contributed by atoms with Crippen molar-refractivity contribution in [3.05, 3.63) is 54.4 Å². The minimum Gasteiger partial charge on any atom is -0.489 e. The van der Waals surface area contributed by atoms with Gasteiger partial charge in [-0.3, -0.25) is 4.98 Å². The van der Waals surface area contributed by atoms with Gasteiger partial charge in [0.2, 0.25) is 0 Å². The fourth-order valence-electron chi connectivity index (χ4n) is 2.86. The van der Waals surface area contributed by atoms with Gasteiger partial charge in [-0.15, -0.1) is 0 Å². The first kappa shape index (κ1) is 18.2. The molecule has 1 aromatic carbocycles. The van der Waals surface area contributed by atoms with E-state index < -0.39 is 0 Å². The van der Waals surface area contributed by atoms with Crippen LogP contribution < -0.4 is 15.4 Å². The predicted molar refractivity (Wildman–Crippen MR) is 100 cm³/mol. The molecule has 0 radical (unpaired) electrons. The smallest absolute Gasteiger partial charge is 0.319 e. The number of carbonyl (C=O) groups is 1. The molecule has 6 heteroatoms. The maximum absolute atomic E-state index is 12.1. The number of urea groups is 1. The average molecular weight is 355 g/mol. The van der Waals surface area contributed by atoms with Gasteiger partial charge in [-0.1, -0.05) is 18.2 Å². The van der Waals surface area contributed by atoms with Gasteiger partial charge >= 0.3 is 6.03 Å². The van der Waals surface area contributed by atoms with Crippen LogP contribution in [0.4, 0.5) is 10.5 Å². The summed E-state index contributed by atoms with van der Waals surface area (Å²) in [5.41, 5.74) is 1.83. The fourth-order valence-corrected chi connectivity index (χ4v) is 2.86. The lowest BCUT2D eigenvalue weighted by molar-refractivity contribution is 0.0682. The van der Waals surface area contributed by atoms with Crippen LogP contribution in [0.15, 0.2) is 48.8 Å². The summed E-state index contributed by atoms with van der Waals surface area (Å²) in [6, 6.07) is 11.2. The lowest BCUT2D eigenvalue weighted by Crippen LogP contribution is -2.30. The molecule has 0 bridgehead atoms. The fraction of sp³-hybridized carbons (Fsp3) is 0.400. The van der Waals surface area contributed by atoms with Crippen molar-refractivity contribution in [2.24, 2.45) is 0 Å². The maximum Gasteiger partial charge on any atom is 0.319 e. The van der Waals surface area contributed by atoms with Crippen molar-refractivity contribution in [1.29, 1.82) is 0 Å². The van der Waals surface area contributed by atoms with E-state index in [-0.39, 0.29) is 12.1 Å².